The van der Waals surface area contributed by atoms with E-state index >= 15 is 0 Å². The molecule has 0 saturated carbocycles. The summed E-state index contributed by atoms with van der Waals surface area (Å²) >= 11 is 1.81. The van der Waals surface area contributed by atoms with Crippen LogP contribution in [0.3, 0.4) is 0 Å². The second kappa shape index (κ2) is 7.33. The lowest BCUT2D eigenvalue weighted by atomic mass is 9.86. The number of aryl methyl sites for hydroxylation is 1. The van der Waals surface area contributed by atoms with Gasteiger partial charge >= 0.3 is 0 Å². The Hall–Kier alpha value is -1.18. The molecule has 5 rings (SSSR count). The number of carbonyl (C=O) groups excluding carboxylic acids is 1. The number of hydrogen-bond acceptors (Lipinski definition) is 6. The Bertz CT molecular complexity index is 689. The number of aromatic nitrogens is 1. The van der Waals surface area contributed by atoms with Crippen LogP contribution >= 0.6 is 11.3 Å². The number of carbonyl (C=O) groups is 1. The number of nitrogens with zero attached hydrogens (tertiary/aromatic N) is 3. The van der Waals surface area contributed by atoms with Gasteiger partial charge in [-0.2, -0.15) is 0 Å². The summed E-state index contributed by atoms with van der Waals surface area (Å²) in [4.78, 5) is 24.2. The Balaban J connectivity index is 1.28. The highest BCUT2D eigenvalue weighted by molar-refractivity contribution is 7.15. The van der Waals surface area contributed by atoms with Gasteiger partial charge in [0.05, 0.1) is 18.9 Å². The SMILES string of the molecule is O=C(C1CCc2sc(N3CCOCC3)nc2C1)N1[C@@H]2CC[C@H]1CC(CO)C2. The summed E-state index contributed by atoms with van der Waals surface area (Å²) in [7, 11) is 0. The lowest BCUT2D eigenvalue weighted by Crippen LogP contribution is -2.50. The summed E-state index contributed by atoms with van der Waals surface area (Å²) in [5, 5.41) is 10.6. The minimum atomic E-state index is 0.0888. The predicted molar refractivity (Wildman–Crippen MR) is 104 cm³/mol. The van der Waals surface area contributed by atoms with E-state index < -0.39 is 0 Å². The van der Waals surface area contributed by atoms with E-state index in [2.05, 4.69) is 9.80 Å². The number of ether oxygens (including phenoxy) is 1. The van der Waals surface area contributed by atoms with E-state index in [1.165, 1.54) is 4.88 Å². The highest BCUT2D eigenvalue weighted by Crippen LogP contribution is 2.41. The van der Waals surface area contributed by atoms with Gasteiger partial charge in [0.25, 0.3) is 0 Å². The van der Waals surface area contributed by atoms with Gasteiger partial charge in [-0.15, -0.1) is 11.3 Å². The molecule has 148 valence electrons. The van der Waals surface area contributed by atoms with Crippen LogP contribution in [0.5, 0.6) is 0 Å². The second-order valence-electron chi connectivity index (χ2n) is 8.56. The number of amides is 1. The van der Waals surface area contributed by atoms with Gasteiger partial charge < -0.3 is 19.6 Å². The third kappa shape index (κ3) is 3.28. The molecule has 3 fully saturated rings. The molecule has 1 amide bonds. The predicted octanol–water partition coefficient (Wildman–Crippen LogP) is 1.85. The minimum absolute atomic E-state index is 0.0888. The summed E-state index contributed by atoms with van der Waals surface area (Å²) in [6.07, 6.45) is 6.93. The van der Waals surface area contributed by atoms with Crippen LogP contribution in [0.1, 0.15) is 42.7 Å². The van der Waals surface area contributed by atoms with Crippen LogP contribution in [-0.2, 0) is 22.4 Å². The average Bonchev–Trinajstić information content (AvgIpc) is 3.25. The summed E-state index contributed by atoms with van der Waals surface area (Å²) in [6.45, 7) is 3.65. The first kappa shape index (κ1) is 17.9. The van der Waals surface area contributed by atoms with E-state index in [1.54, 1.807) is 0 Å². The molecule has 1 N–H and O–H groups in total. The number of thiazole rings is 1. The molecule has 0 spiro atoms. The lowest BCUT2D eigenvalue weighted by molar-refractivity contribution is -0.141. The molecule has 0 radical (unpaired) electrons. The summed E-state index contributed by atoms with van der Waals surface area (Å²) in [5.41, 5.74) is 1.16. The van der Waals surface area contributed by atoms with Crippen molar-refractivity contribution in [3.05, 3.63) is 10.6 Å². The topological polar surface area (TPSA) is 65.9 Å². The highest BCUT2D eigenvalue weighted by Gasteiger charge is 2.45. The molecule has 1 aliphatic carbocycles. The monoisotopic (exact) mass is 391 g/mol. The van der Waals surface area contributed by atoms with Crippen LogP contribution < -0.4 is 4.90 Å². The van der Waals surface area contributed by atoms with E-state index in [1.807, 2.05) is 11.3 Å². The summed E-state index contributed by atoms with van der Waals surface area (Å²) < 4.78 is 5.45. The molecule has 1 aromatic heterocycles. The maximum atomic E-state index is 13.3. The van der Waals surface area contributed by atoms with Crippen LogP contribution in [0.15, 0.2) is 0 Å². The van der Waals surface area contributed by atoms with Crippen LogP contribution in [0, 0.1) is 11.8 Å². The van der Waals surface area contributed by atoms with Gasteiger partial charge in [0, 0.05) is 49.0 Å². The number of aliphatic hydroxyl groups excluding tert-OH is 1. The molecule has 4 heterocycles. The van der Waals surface area contributed by atoms with Crippen molar-refractivity contribution in [1.29, 1.82) is 0 Å². The van der Waals surface area contributed by atoms with Gasteiger partial charge in [0.15, 0.2) is 5.13 Å². The van der Waals surface area contributed by atoms with Crippen molar-refractivity contribution in [2.45, 2.75) is 57.0 Å². The fraction of sp³-hybridized carbons (Fsp3) is 0.800. The number of fused-ring (bicyclic) bond motifs is 3. The average molecular weight is 392 g/mol. The first-order valence-electron chi connectivity index (χ1n) is 10.5. The fourth-order valence-corrected chi connectivity index (χ4v) is 6.63. The summed E-state index contributed by atoms with van der Waals surface area (Å²) in [6, 6.07) is 0.711. The van der Waals surface area contributed by atoms with Gasteiger partial charge in [-0.1, -0.05) is 0 Å². The first-order valence-corrected chi connectivity index (χ1v) is 11.3. The van der Waals surface area contributed by atoms with Crippen molar-refractivity contribution in [2.24, 2.45) is 11.8 Å². The molecule has 0 aromatic carbocycles. The largest absolute Gasteiger partial charge is 0.396 e. The summed E-state index contributed by atoms with van der Waals surface area (Å²) in [5.74, 6) is 0.829. The molecule has 2 unspecified atom stereocenters. The zero-order valence-electron chi connectivity index (χ0n) is 15.8. The second-order valence-corrected chi connectivity index (χ2v) is 9.62. The van der Waals surface area contributed by atoms with Crippen molar-refractivity contribution in [2.75, 3.05) is 37.8 Å². The maximum absolute atomic E-state index is 13.3. The number of piperidine rings is 1. The zero-order chi connectivity index (χ0) is 18.4. The molecular weight excluding hydrogens is 362 g/mol. The normalized spacial score (nSPS) is 33.2. The van der Waals surface area contributed by atoms with E-state index in [0.29, 0.717) is 23.9 Å². The fourth-order valence-electron chi connectivity index (χ4n) is 5.48. The van der Waals surface area contributed by atoms with E-state index in [9.17, 15) is 9.90 Å². The standard InChI is InChI=1S/C20H29N3O3S/c24-12-13-9-15-2-3-16(10-13)23(15)19(25)14-1-4-18-17(11-14)21-20(27-18)22-5-7-26-8-6-22/h13-16,24H,1-12H2/t13?,14?,15-,16+. The smallest absolute Gasteiger partial charge is 0.226 e. The van der Waals surface area contributed by atoms with Gasteiger partial charge in [0.1, 0.15) is 0 Å². The number of anilines is 1. The van der Waals surface area contributed by atoms with Gasteiger partial charge in [-0.05, 0) is 44.4 Å². The number of rotatable bonds is 3. The van der Waals surface area contributed by atoms with Crippen LogP contribution in [-0.4, -0.2) is 65.9 Å². The number of morpholine rings is 1. The van der Waals surface area contributed by atoms with E-state index in [-0.39, 0.29) is 12.5 Å². The van der Waals surface area contributed by atoms with Crippen LogP contribution in [0.25, 0.3) is 0 Å². The molecule has 2 bridgehead atoms. The molecule has 3 aliphatic heterocycles. The Labute approximate surface area is 164 Å². The van der Waals surface area contributed by atoms with Gasteiger partial charge in [0.2, 0.25) is 5.91 Å². The number of aliphatic hydroxyl groups is 1. The number of hydrogen-bond donors (Lipinski definition) is 1. The first-order chi connectivity index (χ1) is 13.2. The maximum Gasteiger partial charge on any atom is 0.226 e. The Morgan fingerprint density at radius 2 is 1.93 bits per heavy atom. The van der Waals surface area contributed by atoms with Crippen molar-refractivity contribution >= 4 is 22.4 Å². The lowest BCUT2D eigenvalue weighted by Gasteiger charge is -2.40. The van der Waals surface area contributed by atoms with E-state index in [4.69, 9.17) is 9.72 Å². The molecular formula is C20H29N3O3S. The molecule has 3 saturated heterocycles. The molecule has 1 aromatic rings. The molecule has 7 heteroatoms. The highest BCUT2D eigenvalue weighted by atomic mass is 32.1. The molecule has 27 heavy (non-hydrogen) atoms. The van der Waals surface area contributed by atoms with Crippen molar-refractivity contribution in [3.63, 3.8) is 0 Å². The molecule has 4 atom stereocenters. The Morgan fingerprint density at radius 3 is 2.63 bits per heavy atom. The van der Waals surface area contributed by atoms with Gasteiger partial charge in [-0.3, -0.25) is 4.79 Å². The zero-order valence-corrected chi connectivity index (χ0v) is 16.6. The van der Waals surface area contributed by atoms with Crippen LogP contribution in [0.4, 0.5) is 5.13 Å². The Morgan fingerprint density at radius 1 is 1.19 bits per heavy atom. The van der Waals surface area contributed by atoms with Crippen molar-refractivity contribution in [1.82, 2.24) is 9.88 Å². The third-order valence-corrected chi connectivity index (χ3v) is 8.12. The molecule has 6 nitrogen and oxygen atoms in total. The quantitative estimate of drug-likeness (QED) is 0.852. The Kier molecular flexibility index (Phi) is 4.86. The third-order valence-electron chi connectivity index (χ3n) is 6.90. The van der Waals surface area contributed by atoms with Crippen molar-refractivity contribution in [3.8, 4) is 0 Å². The minimum Gasteiger partial charge on any atom is -0.396 e. The van der Waals surface area contributed by atoms with Crippen molar-refractivity contribution < 1.29 is 14.6 Å². The van der Waals surface area contributed by atoms with Gasteiger partial charge in [-0.25, -0.2) is 4.98 Å². The molecule has 4 aliphatic rings. The van der Waals surface area contributed by atoms with Crippen LogP contribution in [0.2, 0.25) is 0 Å². The van der Waals surface area contributed by atoms with E-state index in [0.717, 1.165) is 82.1 Å².